The summed E-state index contributed by atoms with van der Waals surface area (Å²) in [7, 11) is 0. The number of thiophene rings is 1. The van der Waals surface area contributed by atoms with Crippen LogP contribution >= 0.6 is 11.3 Å². The number of carbonyl (C=O) groups is 2. The average Bonchev–Trinajstić information content (AvgIpc) is 3.31. The van der Waals surface area contributed by atoms with Crippen LogP contribution in [0, 0.1) is 0 Å². The van der Waals surface area contributed by atoms with Gasteiger partial charge in [-0.15, -0.1) is 0 Å². The fraction of sp³-hybridized carbons (Fsp3) is 0.526. The summed E-state index contributed by atoms with van der Waals surface area (Å²) in [4.78, 5) is 23.5. The zero-order chi connectivity index (χ0) is 21.7. The molecule has 0 bridgehead atoms. The van der Waals surface area contributed by atoms with Crippen LogP contribution in [0.4, 0.5) is 13.2 Å². The molecule has 0 radical (unpaired) electrons. The maximum absolute atomic E-state index is 12.0. The number of aromatic nitrogens is 2. The summed E-state index contributed by atoms with van der Waals surface area (Å²) in [5.74, 6) is -2.73. The molecule has 3 heterocycles. The Morgan fingerprint density at radius 2 is 2.03 bits per heavy atom. The van der Waals surface area contributed by atoms with Gasteiger partial charge in [0, 0.05) is 42.8 Å². The molecule has 2 aromatic heterocycles. The Morgan fingerprint density at radius 1 is 1.30 bits per heavy atom. The molecular formula is C19H23F3N4O3S. The van der Waals surface area contributed by atoms with Crippen LogP contribution in [0.2, 0.25) is 0 Å². The molecule has 1 unspecified atom stereocenters. The van der Waals surface area contributed by atoms with Crippen LogP contribution < -0.4 is 5.32 Å². The number of hydrogen-bond acceptors (Lipinski definition) is 5. The van der Waals surface area contributed by atoms with Crippen molar-refractivity contribution in [2.24, 2.45) is 0 Å². The maximum atomic E-state index is 12.0. The average molecular weight is 444 g/mol. The van der Waals surface area contributed by atoms with E-state index in [2.05, 4.69) is 26.1 Å². The van der Waals surface area contributed by atoms with Crippen molar-refractivity contribution in [2.45, 2.75) is 50.5 Å². The highest BCUT2D eigenvalue weighted by Gasteiger charge is 2.38. The third-order valence-electron chi connectivity index (χ3n) is 5.29. The van der Waals surface area contributed by atoms with Crippen LogP contribution in [0.25, 0.3) is 0 Å². The number of carboxylic acids is 1. The van der Waals surface area contributed by atoms with Crippen LogP contribution in [0.15, 0.2) is 29.1 Å². The first-order valence-electron chi connectivity index (χ1n) is 9.62. The summed E-state index contributed by atoms with van der Waals surface area (Å²) < 4.78 is 33.9. The van der Waals surface area contributed by atoms with E-state index in [4.69, 9.17) is 9.90 Å². The fourth-order valence-electron chi connectivity index (χ4n) is 3.51. The van der Waals surface area contributed by atoms with Gasteiger partial charge in [-0.2, -0.15) is 29.6 Å². The number of nitrogens with zero attached hydrogens (tertiary/aromatic N) is 3. The first-order valence-corrected chi connectivity index (χ1v) is 10.6. The monoisotopic (exact) mass is 444 g/mol. The van der Waals surface area contributed by atoms with Gasteiger partial charge in [0.2, 0.25) is 0 Å². The molecular weight excluding hydrogens is 421 g/mol. The molecule has 2 aromatic rings. The van der Waals surface area contributed by atoms with Gasteiger partial charge in [0.15, 0.2) is 0 Å². The number of aliphatic carboxylic acids is 1. The zero-order valence-electron chi connectivity index (χ0n) is 16.1. The van der Waals surface area contributed by atoms with E-state index in [0.29, 0.717) is 12.6 Å². The van der Waals surface area contributed by atoms with Gasteiger partial charge in [-0.05, 0) is 36.8 Å². The molecule has 2 aliphatic rings. The Labute approximate surface area is 175 Å². The predicted octanol–water partition coefficient (Wildman–Crippen LogP) is 3.31. The largest absolute Gasteiger partial charge is 0.490 e. The Balaban J connectivity index is 0.000000318. The van der Waals surface area contributed by atoms with Gasteiger partial charge >= 0.3 is 12.1 Å². The van der Waals surface area contributed by atoms with Crippen LogP contribution in [-0.4, -0.2) is 57.0 Å². The number of carbonyl (C=O) groups excluding carboxylic acids is 1. The normalized spacial score (nSPS) is 19.2. The standard InChI is InChI=1S/C17H22N4OS.C2HF3O2/c22-17(13-6-9-23-12-13)18-7-4-15-10-20(14-2-1-3-14)11-16-5-8-19-21(15)16;3-2(4,5)1(6)7/h5-6,8-9,12,14-15H,1-4,7,10-11H2,(H,18,22);(H,6,7). The Bertz CT molecular complexity index is 850. The van der Waals surface area contributed by atoms with Crippen molar-refractivity contribution in [3.63, 3.8) is 0 Å². The quantitative estimate of drug-likeness (QED) is 0.739. The number of carboxylic acid groups (broad SMARTS) is 1. The van der Waals surface area contributed by atoms with Crippen LogP contribution in [0.5, 0.6) is 0 Å². The molecule has 0 spiro atoms. The van der Waals surface area contributed by atoms with E-state index in [0.717, 1.165) is 31.1 Å². The first-order chi connectivity index (χ1) is 14.3. The second-order valence-corrected chi connectivity index (χ2v) is 8.07. The van der Waals surface area contributed by atoms with E-state index in [1.807, 2.05) is 23.0 Å². The minimum atomic E-state index is -5.08. The number of amides is 1. The highest BCUT2D eigenvalue weighted by molar-refractivity contribution is 7.08. The van der Waals surface area contributed by atoms with Crippen molar-refractivity contribution in [1.29, 1.82) is 0 Å². The third-order valence-corrected chi connectivity index (χ3v) is 5.97. The van der Waals surface area contributed by atoms with Crippen molar-refractivity contribution < 1.29 is 27.9 Å². The van der Waals surface area contributed by atoms with Crippen LogP contribution in [0.1, 0.15) is 47.8 Å². The smallest absolute Gasteiger partial charge is 0.475 e. The summed E-state index contributed by atoms with van der Waals surface area (Å²) in [5, 5.41) is 18.5. The lowest BCUT2D eigenvalue weighted by molar-refractivity contribution is -0.192. The highest BCUT2D eigenvalue weighted by Crippen LogP contribution is 2.31. The molecule has 1 saturated carbocycles. The summed E-state index contributed by atoms with van der Waals surface area (Å²) in [6, 6.07) is 5.10. The molecule has 2 N–H and O–H groups in total. The molecule has 1 atom stereocenters. The minimum absolute atomic E-state index is 0.0265. The lowest BCUT2D eigenvalue weighted by Gasteiger charge is -2.42. The van der Waals surface area contributed by atoms with Gasteiger partial charge in [0.25, 0.3) is 5.91 Å². The van der Waals surface area contributed by atoms with E-state index < -0.39 is 12.1 Å². The summed E-state index contributed by atoms with van der Waals surface area (Å²) >= 11 is 1.55. The third kappa shape index (κ3) is 5.60. The molecule has 1 fully saturated rings. The number of fused-ring (bicyclic) bond motifs is 1. The van der Waals surface area contributed by atoms with E-state index in [-0.39, 0.29) is 5.91 Å². The topological polar surface area (TPSA) is 87.5 Å². The van der Waals surface area contributed by atoms with Crippen molar-refractivity contribution in [2.75, 3.05) is 13.1 Å². The van der Waals surface area contributed by atoms with Gasteiger partial charge in [-0.1, -0.05) is 6.42 Å². The first kappa shape index (κ1) is 22.3. The molecule has 0 saturated heterocycles. The van der Waals surface area contributed by atoms with Gasteiger partial charge in [-0.25, -0.2) is 4.79 Å². The molecule has 7 nitrogen and oxygen atoms in total. The maximum Gasteiger partial charge on any atom is 0.490 e. The fourth-order valence-corrected chi connectivity index (χ4v) is 4.14. The van der Waals surface area contributed by atoms with Crippen molar-refractivity contribution in [3.8, 4) is 0 Å². The molecule has 30 heavy (non-hydrogen) atoms. The van der Waals surface area contributed by atoms with Gasteiger partial charge in [0.05, 0.1) is 11.7 Å². The molecule has 1 amide bonds. The van der Waals surface area contributed by atoms with Crippen LogP contribution in [0.3, 0.4) is 0 Å². The lowest BCUT2D eigenvalue weighted by Crippen LogP contribution is -2.47. The Morgan fingerprint density at radius 3 is 2.60 bits per heavy atom. The van der Waals surface area contributed by atoms with Gasteiger partial charge in [-0.3, -0.25) is 14.4 Å². The number of nitrogens with one attached hydrogen (secondary N) is 1. The SMILES string of the molecule is O=C(NCCC1CN(C2CCC2)Cc2ccnn21)c1ccsc1.O=C(O)C(F)(F)F. The van der Waals surface area contributed by atoms with Crippen molar-refractivity contribution in [1.82, 2.24) is 20.0 Å². The second kappa shape index (κ2) is 9.61. The number of halogens is 3. The van der Waals surface area contributed by atoms with E-state index >= 15 is 0 Å². The minimum Gasteiger partial charge on any atom is -0.475 e. The van der Waals surface area contributed by atoms with Crippen molar-refractivity contribution >= 4 is 23.2 Å². The van der Waals surface area contributed by atoms with E-state index in [9.17, 15) is 18.0 Å². The van der Waals surface area contributed by atoms with Crippen LogP contribution in [-0.2, 0) is 11.3 Å². The van der Waals surface area contributed by atoms with E-state index in [1.165, 1.54) is 25.0 Å². The zero-order valence-corrected chi connectivity index (χ0v) is 17.0. The highest BCUT2D eigenvalue weighted by atomic mass is 32.1. The Hall–Kier alpha value is -2.40. The second-order valence-electron chi connectivity index (χ2n) is 7.29. The molecule has 0 aromatic carbocycles. The van der Waals surface area contributed by atoms with Gasteiger partial charge in [0.1, 0.15) is 0 Å². The Kier molecular flexibility index (Phi) is 7.14. The molecule has 1 aliphatic heterocycles. The van der Waals surface area contributed by atoms with Gasteiger partial charge < -0.3 is 10.4 Å². The molecule has 1 aliphatic carbocycles. The van der Waals surface area contributed by atoms with Crippen molar-refractivity contribution in [3.05, 3.63) is 40.3 Å². The van der Waals surface area contributed by atoms with E-state index in [1.54, 1.807) is 11.3 Å². The summed E-state index contributed by atoms with van der Waals surface area (Å²) in [6.07, 6.45) is 1.76. The number of rotatable bonds is 5. The number of alkyl halides is 3. The summed E-state index contributed by atoms with van der Waals surface area (Å²) in [6.45, 7) is 2.76. The summed E-state index contributed by atoms with van der Waals surface area (Å²) in [5.41, 5.74) is 2.06. The lowest BCUT2D eigenvalue weighted by atomic mass is 9.90. The predicted molar refractivity (Wildman–Crippen MR) is 104 cm³/mol. The molecule has 164 valence electrons. The molecule has 4 rings (SSSR count). The number of hydrogen-bond donors (Lipinski definition) is 2. The molecule has 11 heteroatoms.